The van der Waals surface area contributed by atoms with Gasteiger partial charge in [-0.05, 0) is 29.0 Å². The summed E-state index contributed by atoms with van der Waals surface area (Å²) < 4.78 is 16.6. The summed E-state index contributed by atoms with van der Waals surface area (Å²) in [5.74, 6) is 1.61. The molecule has 0 aliphatic heterocycles. The van der Waals surface area contributed by atoms with Crippen LogP contribution in [0.25, 0.3) is 10.8 Å². The second-order valence-corrected chi connectivity index (χ2v) is 5.71. The van der Waals surface area contributed by atoms with E-state index in [1.807, 2.05) is 42.5 Å². The molecule has 0 saturated heterocycles. The van der Waals surface area contributed by atoms with Crippen LogP contribution in [0.5, 0.6) is 17.2 Å². The third-order valence-electron chi connectivity index (χ3n) is 3.68. The molecule has 0 spiro atoms. The van der Waals surface area contributed by atoms with Crippen LogP contribution in [-0.4, -0.2) is 20.3 Å². The third-order valence-corrected chi connectivity index (χ3v) is 3.96. The van der Waals surface area contributed by atoms with E-state index in [1.54, 1.807) is 12.1 Å². The largest absolute Gasteiger partial charge is 0.493 e. The van der Waals surface area contributed by atoms with Crippen LogP contribution in [0, 0.1) is 11.3 Å². The van der Waals surface area contributed by atoms with Crippen molar-refractivity contribution in [2.45, 2.75) is 0 Å². The van der Waals surface area contributed by atoms with Crippen LogP contribution < -0.4 is 14.2 Å². The molecular weight excluding hydrogens is 338 g/mol. The van der Waals surface area contributed by atoms with Crippen LogP contribution >= 0.6 is 11.6 Å². The lowest BCUT2D eigenvalue weighted by Gasteiger charge is -2.13. The maximum Gasteiger partial charge on any atom is 0.179 e. The Balaban J connectivity index is 1.62. The molecule has 0 amide bonds. The Morgan fingerprint density at radius 3 is 2.48 bits per heavy atom. The number of ether oxygens (including phenoxy) is 3. The van der Waals surface area contributed by atoms with Gasteiger partial charge >= 0.3 is 0 Å². The lowest BCUT2D eigenvalue weighted by molar-refractivity contribution is 0.211. The Bertz CT molecular complexity index is 934. The average Bonchev–Trinajstić information content (AvgIpc) is 2.65. The fraction of sp³-hybridized carbons (Fsp3) is 0.150. The number of hydrogen-bond acceptors (Lipinski definition) is 4. The fourth-order valence-electron chi connectivity index (χ4n) is 2.48. The number of nitrogens with zero attached hydrogens (tertiary/aromatic N) is 1. The van der Waals surface area contributed by atoms with Crippen molar-refractivity contribution in [3.05, 3.63) is 65.2 Å². The molecule has 0 aromatic heterocycles. The zero-order valence-electron chi connectivity index (χ0n) is 13.7. The Morgan fingerprint density at radius 2 is 1.72 bits per heavy atom. The zero-order chi connectivity index (χ0) is 17.6. The predicted octanol–water partition coefficient (Wildman–Crippen LogP) is 4.83. The highest BCUT2D eigenvalue weighted by Gasteiger charge is 2.12. The molecule has 3 aromatic rings. The van der Waals surface area contributed by atoms with E-state index in [-0.39, 0.29) is 0 Å². The molecule has 5 heteroatoms. The number of benzene rings is 3. The van der Waals surface area contributed by atoms with Crippen LogP contribution in [0.3, 0.4) is 0 Å². The first-order valence-corrected chi connectivity index (χ1v) is 8.11. The van der Waals surface area contributed by atoms with Gasteiger partial charge in [0.25, 0.3) is 0 Å². The molecule has 0 unspecified atom stereocenters. The monoisotopic (exact) mass is 353 g/mol. The van der Waals surface area contributed by atoms with Crippen LogP contribution in [0.4, 0.5) is 0 Å². The molecule has 25 heavy (non-hydrogen) atoms. The second-order valence-electron chi connectivity index (χ2n) is 5.31. The SMILES string of the molecule is COc1cc(C#N)cc(Cl)c1OCCOc1ccc2ccccc2c1. The van der Waals surface area contributed by atoms with Gasteiger partial charge in [-0.25, -0.2) is 0 Å². The van der Waals surface area contributed by atoms with Gasteiger partial charge < -0.3 is 14.2 Å². The predicted molar refractivity (Wildman–Crippen MR) is 97.7 cm³/mol. The maximum absolute atomic E-state index is 8.96. The Labute approximate surface area is 151 Å². The minimum atomic E-state index is 0.300. The molecule has 4 nitrogen and oxygen atoms in total. The van der Waals surface area contributed by atoms with Gasteiger partial charge in [0.15, 0.2) is 11.5 Å². The van der Waals surface area contributed by atoms with E-state index in [9.17, 15) is 0 Å². The summed E-state index contributed by atoms with van der Waals surface area (Å²) >= 11 is 6.16. The maximum atomic E-state index is 8.96. The van der Waals surface area contributed by atoms with Crippen LogP contribution in [0.2, 0.25) is 5.02 Å². The first-order valence-electron chi connectivity index (χ1n) is 7.73. The minimum Gasteiger partial charge on any atom is -0.493 e. The van der Waals surface area contributed by atoms with Gasteiger partial charge in [-0.15, -0.1) is 0 Å². The molecule has 0 N–H and O–H groups in total. The third kappa shape index (κ3) is 3.96. The van der Waals surface area contributed by atoms with E-state index >= 15 is 0 Å². The number of nitriles is 1. The molecule has 0 fully saturated rings. The van der Waals surface area contributed by atoms with Gasteiger partial charge in [-0.3, -0.25) is 0 Å². The average molecular weight is 354 g/mol. The van der Waals surface area contributed by atoms with Crippen LogP contribution in [0.15, 0.2) is 54.6 Å². The number of methoxy groups -OCH3 is 1. The smallest absolute Gasteiger partial charge is 0.179 e. The van der Waals surface area contributed by atoms with Crippen LogP contribution in [-0.2, 0) is 0 Å². The van der Waals surface area contributed by atoms with E-state index in [1.165, 1.54) is 12.5 Å². The van der Waals surface area contributed by atoms with Crippen molar-refractivity contribution in [3.8, 4) is 23.3 Å². The number of fused-ring (bicyclic) bond motifs is 1. The van der Waals surface area contributed by atoms with Crippen molar-refractivity contribution < 1.29 is 14.2 Å². The first-order chi connectivity index (χ1) is 12.2. The topological polar surface area (TPSA) is 51.5 Å². The Hall–Kier alpha value is -2.90. The molecule has 126 valence electrons. The zero-order valence-corrected chi connectivity index (χ0v) is 14.4. The molecular formula is C20H16ClNO3. The molecule has 0 saturated carbocycles. The Morgan fingerprint density at radius 1 is 0.960 bits per heavy atom. The number of halogens is 1. The highest BCUT2D eigenvalue weighted by Crippen LogP contribution is 2.36. The summed E-state index contributed by atoms with van der Waals surface area (Å²) in [6, 6.07) is 19.2. The van der Waals surface area contributed by atoms with E-state index in [0.29, 0.717) is 35.3 Å². The van der Waals surface area contributed by atoms with Gasteiger partial charge in [0, 0.05) is 6.07 Å². The first kappa shape index (κ1) is 16.9. The summed E-state index contributed by atoms with van der Waals surface area (Å²) in [5.41, 5.74) is 0.418. The van der Waals surface area contributed by atoms with Crippen LogP contribution in [0.1, 0.15) is 5.56 Å². The molecule has 0 aliphatic carbocycles. The van der Waals surface area contributed by atoms with Crippen molar-refractivity contribution in [2.75, 3.05) is 20.3 Å². The van der Waals surface area contributed by atoms with E-state index in [2.05, 4.69) is 6.07 Å². The standard InChI is InChI=1S/C20H16ClNO3/c1-23-19-11-14(13-22)10-18(21)20(19)25-9-8-24-17-7-6-15-4-2-3-5-16(15)12-17/h2-7,10-12H,8-9H2,1H3. The van der Waals surface area contributed by atoms with Gasteiger partial charge in [0.05, 0.1) is 23.8 Å². The van der Waals surface area contributed by atoms with Crippen molar-refractivity contribution in [1.29, 1.82) is 5.26 Å². The van der Waals surface area contributed by atoms with Gasteiger partial charge in [-0.1, -0.05) is 41.9 Å². The van der Waals surface area contributed by atoms with Crippen molar-refractivity contribution in [1.82, 2.24) is 0 Å². The highest BCUT2D eigenvalue weighted by molar-refractivity contribution is 6.32. The van der Waals surface area contributed by atoms with E-state index in [4.69, 9.17) is 31.1 Å². The highest BCUT2D eigenvalue weighted by atomic mass is 35.5. The molecule has 0 atom stereocenters. The molecule has 3 aromatic carbocycles. The Kier molecular flexibility index (Phi) is 5.27. The summed E-state index contributed by atoms with van der Waals surface area (Å²) in [6.45, 7) is 0.659. The van der Waals surface area contributed by atoms with Gasteiger partial charge in [0.1, 0.15) is 19.0 Å². The van der Waals surface area contributed by atoms with Crippen molar-refractivity contribution in [2.24, 2.45) is 0 Å². The minimum absolute atomic E-state index is 0.300. The molecule has 0 bridgehead atoms. The molecule has 0 aliphatic rings. The lowest BCUT2D eigenvalue weighted by Crippen LogP contribution is -2.10. The van der Waals surface area contributed by atoms with Crippen molar-refractivity contribution in [3.63, 3.8) is 0 Å². The normalized spacial score (nSPS) is 10.3. The molecule has 0 heterocycles. The summed E-state index contributed by atoms with van der Waals surface area (Å²) in [6.07, 6.45) is 0. The number of rotatable bonds is 6. The van der Waals surface area contributed by atoms with Crippen molar-refractivity contribution >= 4 is 22.4 Å². The molecule has 0 radical (unpaired) electrons. The lowest BCUT2D eigenvalue weighted by atomic mass is 10.1. The molecule has 3 rings (SSSR count). The second kappa shape index (κ2) is 7.78. The summed E-state index contributed by atoms with van der Waals surface area (Å²) in [7, 11) is 1.51. The van der Waals surface area contributed by atoms with E-state index in [0.717, 1.165) is 11.1 Å². The summed E-state index contributed by atoms with van der Waals surface area (Å²) in [5, 5.41) is 11.6. The summed E-state index contributed by atoms with van der Waals surface area (Å²) in [4.78, 5) is 0. The van der Waals surface area contributed by atoms with Gasteiger partial charge in [-0.2, -0.15) is 5.26 Å². The number of hydrogen-bond donors (Lipinski definition) is 0. The quantitative estimate of drug-likeness (QED) is 0.595. The fourth-order valence-corrected chi connectivity index (χ4v) is 2.75. The van der Waals surface area contributed by atoms with Gasteiger partial charge in [0.2, 0.25) is 0 Å². The van der Waals surface area contributed by atoms with E-state index < -0.39 is 0 Å².